The largest absolute Gasteiger partial charge is 0.418 e. The van der Waals surface area contributed by atoms with Crippen LogP contribution in [-0.4, -0.2) is 16.5 Å². The highest BCUT2D eigenvalue weighted by molar-refractivity contribution is 6.31. The number of halogens is 6. The second-order valence-electron chi connectivity index (χ2n) is 8.39. The molecule has 0 atom stereocenters. The number of nitrogens with two attached hydrogens (primary N) is 1. The SMILES string of the molecule is CC(C)(C)c1nc(NCC(C)(C)c2nc(N)c(F)cc2C(F)(F)F)c(F)cc1Cl. The standard InChI is InChI=1S/C19H22ClF5N4/c1-17(2,3)14-10(20)7-12(22)16(29-14)27-8-18(4,5)13-9(19(23,24)25)6-11(21)15(26)28-13/h6-7H,8H2,1-5H3,(H2,26,28)(H,27,29). The van der Waals surface area contributed by atoms with Crippen molar-refractivity contribution in [3.63, 3.8) is 0 Å². The van der Waals surface area contributed by atoms with Gasteiger partial charge in [0.2, 0.25) is 0 Å². The van der Waals surface area contributed by atoms with Crippen LogP contribution in [-0.2, 0) is 17.0 Å². The number of alkyl halides is 3. The van der Waals surface area contributed by atoms with Crippen molar-refractivity contribution in [1.29, 1.82) is 0 Å². The van der Waals surface area contributed by atoms with Crippen LogP contribution in [0.2, 0.25) is 5.02 Å². The lowest BCUT2D eigenvalue weighted by Gasteiger charge is -2.28. The minimum absolute atomic E-state index is 0.146. The van der Waals surface area contributed by atoms with E-state index >= 15 is 0 Å². The maximum atomic E-state index is 14.3. The van der Waals surface area contributed by atoms with E-state index in [0.717, 1.165) is 6.07 Å². The minimum Gasteiger partial charge on any atom is -0.381 e. The summed E-state index contributed by atoms with van der Waals surface area (Å²) in [7, 11) is 0. The summed E-state index contributed by atoms with van der Waals surface area (Å²) in [6, 6.07) is 1.41. The molecule has 0 unspecified atom stereocenters. The molecule has 29 heavy (non-hydrogen) atoms. The predicted octanol–water partition coefficient (Wildman–Crippen LogP) is 5.70. The zero-order valence-electron chi connectivity index (χ0n) is 16.6. The lowest BCUT2D eigenvalue weighted by atomic mass is 9.85. The van der Waals surface area contributed by atoms with Gasteiger partial charge in [-0.1, -0.05) is 46.2 Å². The number of anilines is 2. The Morgan fingerprint density at radius 1 is 0.966 bits per heavy atom. The molecule has 0 aliphatic rings. The van der Waals surface area contributed by atoms with E-state index in [4.69, 9.17) is 17.3 Å². The first kappa shape index (κ1) is 23.1. The summed E-state index contributed by atoms with van der Waals surface area (Å²) < 4.78 is 68.1. The average Bonchev–Trinajstić information content (AvgIpc) is 2.53. The van der Waals surface area contributed by atoms with Crippen LogP contribution >= 0.6 is 11.6 Å². The summed E-state index contributed by atoms with van der Waals surface area (Å²) in [5, 5.41) is 2.86. The van der Waals surface area contributed by atoms with Gasteiger partial charge in [-0.15, -0.1) is 0 Å². The fourth-order valence-corrected chi connectivity index (χ4v) is 3.16. The van der Waals surface area contributed by atoms with Crippen molar-refractivity contribution < 1.29 is 22.0 Å². The van der Waals surface area contributed by atoms with Crippen LogP contribution in [0.4, 0.5) is 33.6 Å². The fraction of sp³-hybridized carbons (Fsp3) is 0.474. The molecule has 0 aliphatic carbocycles. The van der Waals surface area contributed by atoms with Crippen molar-refractivity contribution in [3.05, 3.63) is 45.7 Å². The molecule has 0 spiro atoms. The van der Waals surface area contributed by atoms with Gasteiger partial charge in [-0.3, -0.25) is 0 Å². The first-order valence-corrected chi connectivity index (χ1v) is 9.06. The van der Waals surface area contributed by atoms with Crippen molar-refractivity contribution in [3.8, 4) is 0 Å². The number of nitrogen functional groups attached to an aromatic ring is 1. The average molecular weight is 437 g/mol. The molecule has 2 aromatic rings. The molecule has 2 aromatic heterocycles. The first-order valence-electron chi connectivity index (χ1n) is 8.68. The zero-order chi connectivity index (χ0) is 22.4. The molecular formula is C19H22ClF5N4. The maximum absolute atomic E-state index is 14.3. The minimum atomic E-state index is -4.84. The van der Waals surface area contributed by atoms with Gasteiger partial charge >= 0.3 is 6.18 Å². The molecule has 4 nitrogen and oxygen atoms in total. The number of pyridine rings is 2. The number of nitrogens with zero attached hydrogens (tertiary/aromatic N) is 2. The summed E-state index contributed by atoms with van der Waals surface area (Å²) in [5.74, 6) is -2.81. The van der Waals surface area contributed by atoms with Crippen molar-refractivity contribution in [1.82, 2.24) is 9.97 Å². The second-order valence-corrected chi connectivity index (χ2v) is 8.79. The van der Waals surface area contributed by atoms with E-state index in [0.29, 0.717) is 11.8 Å². The highest BCUT2D eigenvalue weighted by atomic mass is 35.5. The fourth-order valence-electron chi connectivity index (χ4n) is 2.74. The Kier molecular flexibility index (Phi) is 6.05. The van der Waals surface area contributed by atoms with Gasteiger partial charge in [0, 0.05) is 17.4 Å². The molecule has 2 heterocycles. The Morgan fingerprint density at radius 2 is 1.55 bits per heavy atom. The van der Waals surface area contributed by atoms with Crippen LogP contribution in [0, 0.1) is 11.6 Å². The molecule has 0 amide bonds. The monoisotopic (exact) mass is 436 g/mol. The van der Waals surface area contributed by atoms with E-state index in [2.05, 4.69) is 15.3 Å². The van der Waals surface area contributed by atoms with E-state index in [1.807, 2.05) is 20.8 Å². The number of nitrogens with one attached hydrogen (secondary N) is 1. The molecule has 0 aliphatic heterocycles. The Balaban J connectivity index is 2.43. The quantitative estimate of drug-likeness (QED) is 0.604. The third-order valence-corrected chi connectivity index (χ3v) is 4.58. The highest BCUT2D eigenvalue weighted by Crippen LogP contribution is 2.38. The van der Waals surface area contributed by atoms with E-state index in [1.165, 1.54) is 13.8 Å². The molecule has 0 bridgehead atoms. The second kappa shape index (κ2) is 7.59. The maximum Gasteiger partial charge on any atom is 0.418 e. The Morgan fingerprint density at radius 3 is 2.07 bits per heavy atom. The van der Waals surface area contributed by atoms with Crippen molar-refractivity contribution in [2.45, 2.75) is 51.6 Å². The van der Waals surface area contributed by atoms with E-state index in [9.17, 15) is 22.0 Å². The van der Waals surface area contributed by atoms with Gasteiger partial charge in [-0.25, -0.2) is 18.7 Å². The first-order chi connectivity index (χ1) is 13.0. The summed E-state index contributed by atoms with van der Waals surface area (Å²) in [4.78, 5) is 7.82. The number of hydrogen-bond donors (Lipinski definition) is 2. The van der Waals surface area contributed by atoms with Crippen molar-refractivity contribution in [2.24, 2.45) is 0 Å². The lowest BCUT2D eigenvalue weighted by molar-refractivity contribution is -0.139. The molecule has 2 rings (SSSR count). The summed E-state index contributed by atoms with van der Waals surface area (Å²) in [5.41, 5.74) is 2.35. The molecule has 0 saturated heterocycles. The summed E-state index contributed by atoms with van der Waals surface area (Å²) >= 11 is 6.06. The van der Waals surface area contributed by atoms with Gasteiger partial charge in [-0.05, 0) is 12.1 Å². The van der Waals surface area contributed by atoms with E-state index in [1.54, 1.807) is 0 Å². The van der Waals surface area contributed by atoms with Gasteiger partial charge in [0.15, 0.2) is 23.3 Å². The smallest absolute Gasteiger partial charge is 0.381 e. The lowest BCUT2D eigenvalue weighted by Crippen LogP contribution is -2.33. The van der Waals surface area contributed by atoms with Crippen LogP contribution in [0.3, 0.4) is 0 Å². The Hall–Kier alpha value is -2.16. The molecule has 0 saturated carbocycles. The molecule has 0 fully saturated rings. The number of hydrogen-bond acceptors (Lipinski definition) is 4. The van der Waals surface area contributed by atoms with Crippen LogP contribution in [0.1, 0.15) is 51.6 Å². The van der Waals surface area contributed by atoms with E-state index in [-0.39, 0.29) is 17.4 Å². The van der Waals surface area contributed by atoms with Crippen LogP contribution in [0.25, 0.3) is 0 Å². The van der Waals surface area contributed by atoms with Gasteiger partial charge in [0.1, 0.15) is 0 Å². The third kappa shape index (κ3) is 5.07. The van der Waals surface area contributed by atoms with Crippen molar-refractivity contribution in [2.75, 3.05) is 17.6 Å². The molecule has 160 valence electrons. The normalized spacial score (nSPS) is 12.9. The summed E-state index contributed by atoms with van der Waals surface area (Å²) in [6.45, 7) is 8.25. The van der Waals surface area contributed by atoms with Gasteiger partial charge in [-0.2, -0.15) is 13.2 Å². The van der Waals surface area contributed by atoms with E-state index < -0.39 is 45.7 Å². The molecule has 0 radical (unpaired) electrons. The Labute approximate surface area is 170 Å². The van der Waals surface area contributed by atoms with Gasteiger partial charge in [0.25, 0.3) is 0 Å². The molecule has 3 N–H and O–H groups in total. The zero-order valence-corrected chi connectivity index (χ0v) is 17.4. The highest BCUT2D eigenvalue weighted by Gasteiger charge is 2.40. The number of rotatable bonds is 4. The third-order valence-electron chi connectivity index (χ3n) is 4.29. The van der Waals surface area contributed by atoms with Gasteiger partial charge in [0.05, 0.1) is 22.0 Å². The van der Waals surface area contributed by atoms with Crippen LogP contribution < -0.4 is 11.1 Å². The van der Waals surface area contributed by atoms with Crippen LogP contribution in [0.15, 0.2) is 12.1 Å². The molecular weight excluding hydrogens is 415 g/mol. The Bertz CT molecular complexity index is 920. The summed E-state index contributed by atoms with van der Waals surface area (Å²) in [6.07, 6.45) is -4.84. The predicted molar refractivity (Wildman–Crippen MR) is 103 cm³/mol. The van der Waals surface area contributed by atoms with Crippen molar-refractivity contribution >= 4 is 23.2 Å². The topological polar surface area (TPSA) is 63.8 Å². The van der Waals surface area contributed by atoms with Crippen LogP contribution in [0.5, 0.6) is 0 Å². The molecule has 10 heteroatoms. The molecule has 0 aromatic carbocycles. The van der Waals surface area contributed by atoms with Gasteiger partial charge < -0.3 is 11.1 Å². The number of aromatic nitrogens is 2.